The van der Waals surface area contributed by atoms with Crippen molar-refractivity contribution in [1.82, 2.24) is 0 Å². The predicted octanol–water partition coefficient (Wildman–Crippen LogP) is 4.24. The molecule has 0 radical (unpaired) electrons. The Hall–Kier alpha value is -0.863. The first-order valence-corrected chi connectivity index (χ1v) is 21.8. The maximum Gasteiger partial charge on any atom is 4.00 e. The van der Waals surface area contributed by atoms with E-state index in [1.807, 2.05) is 0 Å². The van der Waals surface area contributed by atoms with E-state index in [0.717, 1.165) is 16.5 Å². The van der Waals surface area contributed by atoms with Gasteiger partial charge in [-0.15, -0.1) is 0 Å². The van der Waals surface area contributed by atoms with E-state index in [0.29, 0.717) is 0 Å². The molecule has 0 aromatic rings. The number of sulfonamides is 8. The Morgan fingerprint density at radius 2 is 0.230 bits per heavy atom. The molecule has 0 bridgehead atoms. The van der Waals surface area contributed by atoms with Gasteiger partial charge in [-0.05, 0) is 0 Å². The van der Waals surface area contributed by atoms with Crippen LogP contribution in [0.15, 0.2) is 0 Å². The summed E-state index contributed by atoms with van der Waals surface area (Å²) in [5, 5.41) is 0. The van der Waals surface area contributed by atoms with Gasteiger partial charge in [0.25, 0.3) is 0 Å². The van der Waals surface area contributed by atoms with Crippen LogP contribution in [0.4, 0.5) is 105 Å². The molecule has 0 atom stereocenters. The molecule has 368 valence electrons. The number of halogens is 24. The Labute approximate surface area is 352 Å². The molecule has 0 amide bonds. The second kappa shape index (κ2) is 20.3. The summed E-state index contributed by atoms with van der Waals surface area (Å²) in [5.74, 6) is 0. The summed E-state index contributed by atoms with van der Waals surface area (Å²) < 4.78 is 437. The van der Waals surface area contributed by atoms with Gasteiger partial charge < -0.3 is 16.5 Å². The quantitative estimate of drug-likeness (QED) is 0.307. The molecule has 0 rings (SSSR count). The van der Waals surface area contributed by atoms with Gasteiger partial charge >= 0.3 is 85.8 Å². The minimum Gasteiger partial charge on any atom is -0.421 e. The van der Waals surface area contributed by atoms with E-state index in [2.05, 4.69) is 0 Å². The SMILES string of the molecule is O=S(=O)([N-]S(=O)(=O)C(F)(F)F)C(F)(F)F.O=S(=O)([N-]S(=O)(=O)C(F)(F)F)C(F)(F)F.O=S(=O)([N-]S(=O)(=O)C(F)(F)F)C(F)(F)F.O=S(=O)([N-]S(=O)(=O)C(F)(F)F)C(F)(F)F.[Ce+4]. The van der Waals surface area contributed by atoms with Gasteiger partial charge in [0.15, 0.2) is 80.2 Å². The number of hydrogen-bond donors (Lipinski definition) is 0. The van der Waals surface area contributed by atoms with Gasteiger partial charge in [-0.25, -0.2) is 67.3 Å². The number of nitrogens with zero attached hydrogens (tertiary/aromatic N) is 4. The van der Waals surface area contributed by atoms with Crippen LogP contribution in [-0.2, 0) is 80.2 Å². The smallest absolute Gasteiger partial charge is 0.421 e. The van der Waals surface area contributed by atoms with Crippen molar-refractivity contribution in [3.63, 3.8) is 0 Å². The number of rotatable bonds is 8. The Bertz CT molecular complexity index is 1890. The number of alkyl halides is 24. The second-order valence-corrected chi connectivity index (χ2v) is 21.4. The van der Waals surface area contributed by atoms with E-state index in [9.17, 15) is 173 Å². The topological polar surface area (TPSA) is 330 Å². The minimum absolute atomic E-state index is 0. The second-order valence-electron chi connectivity index (χ2n) is 7.66. The first-order chi connectivity index (χ1) is 24.8. The Kier molecular flexibility index (Phi) is 23.1. The Balaban J connectivity index is -0.000000227. The minimum atomic E-state index is -6.72. The summed E-state index contributed by atoms with van der Waals surface area (Å²) in [7, 11) is -53.8. The summed E-state index contributed by atoms with van der Waals surface area (Å²) in [6.45, 7) is 0. The molecule has 61 heavy (non-hydrogen) atoms. The molecule has 0 aromatic carbocycles. The molecule has 0 aliphatic heterocycles. The van der Waals surface area contributed by atoms with E-state index < -0.39 is 124 Å². The zero-order chi connectivity index (χ0) is 50.8. The van der Waals surface area contributed by atoms with Crippen molar-refractivity contribution in [2.45, 2.75) is 44.1 Å². The first kappa shape index (κ1) is 69.2. The van der Waals surface area contributed by atoms with Crippen LogP contribution in [0.3, 0.4) is 0 Å². The van der Waals surface area contributed by atoms with E-state index in [1.165, 1.54) is 0 Å². The summed E-state index contributed by atoms with van der Waals surface area (Å²) in [4.78, 5) is 0. The van der Waals surface area contributed by atoms with Crippen LogP contribution in [0.25, 0.3) is 16.5 Å². The Morgan fingerprint density at radius 1 is 0.180 bits per heavy atom. The Morgan fingerprint density at radius 3 is 0.262 bits per heavy atom. The van der Waals surface area contributed by atoms with Crippen molar-refractivity contribution < 1.29 is 214 Å². The molecule has 0 saturated carbocycles. The summed E-state index contributed by atoms with van der Waals surface area (Å²) in [5.41, 5.74) is -49.6. The van der Waals surface area contributed by atoms with Crippen molar-refractivity contribution in [2.75, 3.05) is 0 Å². The monoisotopic (exact) mass is 1260 g/mol. The normalized spacial score (nSPS) is 15.1. The average Bonchev–Trinajstić information content (AvgIpc) is 2.82. The molecule has 0 N–H and O–H groups in total. The molecule has 0 aliphatic carbocycles. The van der Waals surface area contributed by atoms with E-state index in [-0.39, 0.29) is 41.7 Å². The molecule has 53 heteroatoms. The van der Waals surface area contributed by atoms with Crippen molar-refractivity contribution in [3.05, 3.63) is 16.5 Å². The largest absolute Gasteiger partial charge is 4.00 e. The van der Waals surface area contributed by atoms with Gasteiger partial charge in [0.05, 0.1) is 0 Å². The zero-order valence-corrected chi connectivity index (χ0v) is 34.8. The molecule has 0 spiro atoms. The van der Waals surface area contributed by atoms with Gasteiger partial charge in [-0.3, -0.25) is 0 Å². The fraction of sp³-hybridized carbons (Fsp3) is 1.00. The molecular weight excluding hydrogens is 1260 g/mol. The molecule has 0 aliphatic rings. The molecule has 0 saturated heterocycles. The standard InChI is InChI=1S/4C2F6NO4S2.Ce/c4*3-1(4,5)14(10,11)9-15(12,13)2(6,7)8;/q4*-1;+4. The first-order valence-electron chi connectivity index (χ1n) is 10.3. The van der Waals surface area contributed by atoms with Crippen molar-refractivity contribution in [1.29, 1.82) is 0 Å². The van der Waals surface area contributed by atoms with Crippen molar-refractivity contribution >= 4 is 80.2 Å². The van der Waals surface area contributed by atoms with Crippen LogP contribution in [0.2, 0.25) is 0 Å². The van der Waals surface area contributed by atoms with Crippen molar-refractivity contribution in [2.24, 2.45) is 0 Å². The maximum absolute atomic E-state index is 11.4. The van der Waals surface area contributed by atoms with Crippen LogP contribution in [0.5, 0.6) is 0 Å². The third-order valence-electron chi connectivity index (χ3n) is 3.12. The third kappa shape index (κ3) is 21.3. The zero-order valence-electron chi connectivity index (χ0n) is 25.2. The summed E-state index contributed by atoms with van der Waals surface area (Å²) >= 11 is 0. The van der Waals surface area contributed by atoms with Gasteiger partial charge in [0.1, 0.15) is 0 Å². The summed E-state index contributed by atoms with van der Waals surface area (Å²) in [6, 6.07) is 0. The van der Waals surface area contributed by atoms with Crippen LogP contribution in [0, 0.1) is 41.7 Å². The molecule has 0 heterocycles. The third-order valence-corrected chi connectivity index (χ3v) is 14.1. The fourth-order valence-corrected chi connectivity index (χ4v) is 7.69. The van der Waals surface area contributed by atoms with Gasteiger partial charge in [-0.1, -0.05) is 0 Å². The number of hydrogen-bond acceptors (Lipinski definition) is 16. The van der Waals surface area contributed by atoms with Crippen LogP contribution in [-0.4, -0.2) is 111 Å². The van der Waals surface area contributed by atoms with Crippen LogP contribution in [0.1, 0.15) is 0 Å². The molecule has 0 unspecified atom stereocenters. The maximum atomic E-state index is 11.4. The van der Waals surface area contributed by atoms with Crippen LogP contribution >= 0.6 is 0 Å². The molecule has 0 fully saturated rings. The predicted molar refractivity (Wildman–Crippen MR) is 133 cm³/mol. The van der Waals surface area contributed by atoms with Gasteiger partial charge in [-0.2, -0.15) is 105 Å². The average molecular weight is 1260 g/mol. The van der Waals surface area contributed by atoms with Crippen molar-refractivity contribution in [3.8, 4) is 0 Å². The summed E-state index contributed by atoms with van der Waals surface area (Å²) in [6.07, 6.45) is 0. The fourth-order valence-electron chi connectivity index (χ4n) is 0.855. The van der Waals surface area contributed by atoms with E-state index in [4.69, 9.17) is 0 Å². The van der Waals surface area contributed by atoms with Crippen LogP contribution < -0.4 is 0 Å². The van der Waals surface area contributed by atoms with Gasteiger partial charge in [0, 0.05) is 0 Å². The van der Waals surface area contributed by atoms with Gasteiger partial charge in [0.2, 0.25) is 0 Å². The molecule has 20 nitrogen and oxygen atoms in total. The van der Waals surface area contributed by atoms with E-state index >= 15 is 0 Å². The molecule has 0 aromatic heterocycles. The molecular formula is C8CeF24N4O16S8. The van der Waals surface area contributed by atoms with E-state index in [1.54, 1.807) is 0 Å².